The van der Waals surface area contributed by atoms with Crippen molar-refractivity contribution in [3.8, 4) is 5.75 Å². The van der Waals surface area contributed by atoms with Crippen LogP contribution in [-0.4, -0.2) is 5.11 Å². The van der Waals surface area contributed by atoms with Gasteiger partial charge in [0.2, 0.25) is 0 Å². The number of halogens is 2. The van der Waals surface area contributed by atoms with Gasteiger partial charge in [-0.25, -0.2) is 8.78 Å². The lowest BCUT2D eigenvalue weighted by Crippen LogP contribution is -2.18. The normalized spacial score (nSPS) is 12.4. The third-order valence-corrected chi connectivity index (χ3v) is 2.92. The Morgan fingerprint density at radius 1 is 1.05 bits per heavy atom. The molecular formula is C15H15F2NO. The second-order valence-electron chi connectivity index (χ2n) is 4.47. The molecule has 0 spiro atoms. The van der Waals surface area contributed by atoms with Crippen LogP contribution < -0.4 is 5.32 Å². The fourth-order valence-corrected chi connectivity index (χ4v) is 1.88. The van der Waals surface area contributed by atoms with Crippen LogP contribution in [0.1, 0.15) is 24.1 Å². The monoisotopic (exact) mass is 263 g/mol. The van der Waals surface area contributed by atoms with E-state index in [-0.39, 0.29) is 17.6 Å². The minimum Gasteiger partial charge on any atom is -0.508 e. The first-order valence-corrected chi connectivity index (χ1v) is 6.02. The molecule has 0 heterocycles. The number of phenols is 1. The lowest BCUT2D eigenvalue weighted by Gasteiger charge is -2.14. The number of phenolic OH excluding ortho intramolecular Hbond substituents is 1. The summed E-state index contributed by atoms with van der Waals surface area (Å²) < 4.78 is 25.9. The summed E-state index contributed by atoms with van der Waals surface area (Å²) >= 11 is 0. The van der Waals surface area contributed by atoms with Gasteiger partial charge in [0.25, 0.3) is 0 Å². The molecule has 0 saturated heterocycles. The number of benzene rings is 2. The highest BCUT2D eigenvalue weighted by atomic mass is 19.1. The summed E-state index contributed by atoms with van der Waals surface area (Å²) in [7, 11) is 0. The van der Waals surface area contributed by atoms with Crippen molar-refractivity contribution in [1.82, 2.24) is 5.32 Å². The molecule has 0 aliphatic rings. The van der Waals surface area contributed by atoms with Gasteiger partial charge in [0.05, 0.1) is 0 Å². The Balaban J connectivity index is 1.99. The third-order valence-electron chi connectivity index (χ3n) is 2.92. The van der Waals surface area contributed by atoms with Crippen LogP contribution in [0.15, 0.2) is 42.5 Å². The van der Waals surface area contributed by atoms with Gasteiger partial charge < -0.3 is 10.4 Å². The van der Waals surface area contributed by atoms with Gasteiger partial charge in [0, 0.05) is 18.7 Å². The van der Waals surface area contributed by atoms with E-state index < -0.39 is 5.82 Å². The molecule has 2 nitrogen and oxygen atoms in total. The molecule has 0 fully saturated rings. The van der Waals surface area contributed by atoms with Gasteiger partial charge in [-0.05, 0) is 42.3 Å². The second kappa shape index (κ2) is 5.80. The smallest absolute Gasteiger partial charge is 0.127 e. The van der Waals surface area contributed by atoms with E-state index in [0.717, 1.165) is 11.6 Å². The van der Waals surface area contributed by atoms with E-state index in [9.17, 15) is 13.9 Å². The first-order chi connectivity index (χ1) is 9.04. The number of hydrogen-bond acceptors (Lipinski definition) is 2. The molecule has 0 unspecified atom stereocenters. The largest absolute Gasteiger partial charge is 0.508 e. The van der Waals surface area contributed by atoms with Crippen molar-refractivity contribution in [2.24, 2.45) is 0 Å². The first-order valence-electron chi connectivity index (χ1n) is 6.02. The van der Waals surface area contributed by atoms with Crippen molar-refractivity contribution in [1.29, 1.82) is 0 Å². The molecule has 0 aliphatic heterocycles. The van der Waals surface area contributed by atoms with Crippen molar-refractivity contribution in [3.05, 3.63) is 65.2 Å². The van der Waals surface area contributed by atoms with E-state index in [1.165, 1.54) is 24.3 Å². The molecule has 0 amide bonds. The molecule has 0 radical (unpaired) electrons. The molecule has 0 aliphatic carbocycles. The van der Waals surface area contributed by atoms with Crippen molar-refractivity contribution in [2.45, 2.75) is 19.5 Å². The fraction of sp³-hybridized carbons (Fsp3) is 0.200. The summed E-state index contributed by atoms with van der Waals surface area (Å²) in [5.74, 6) is -0.830. The highest BCUT2D eigenvalue weighted by molar-refractivity contribution is 5.28. The second-order valence-corrected chi connectivity index (χ2v) is 4.47. The molecule has 1 atom stereocenters. The summed E-state index contributed by atoms with van der Waals surface area (Å²) in [6.45, 7) is 2.36. The van der Waals surface area contributed by atoms with Gasteiger partial charge in [-0.3, -0.25) is 0 Å². The zero-order chi connectivity index (χ0) is 13.8. The number of rotatable bonds is 4. The zero-order valence-electron chi connectivity index (χ0n) is 10.5. The SMILES string of the molecule is C[C@@H](NCc1cc(O)cc(F)c1)c1ccc(F)cc1. The van der Waals surface area contributed by atoms with Crippen molar-refractivity contribution >= 4 is 0 Å². The maximum atomic E-state index is 13.1. The lowest BCUT2D eigenvalue weighted by molar-refractivity contribution is 0.466. The number of aromatic hydroxyl groups is 1. The Kier molecular flexibility index (Phi) is 4.12. The van der Waals surface area contributed by atoms with E-state index in [1.54, 1.807) is 12.1 Å². The van der Waals surface area contributed by atoms with Gasteiger partial charge in [-0.15, -0.1) is 0 Å². The van der Waals surface area contributed by atoms with Crippen molar-refractivity contribution in [2.75, 3.05) is 0 Å². The molecule has 4 heteroatoms. The Morgan fingerprint density at radius 2 is 1.74 bits per heavy atom. The Labute approximate surface area is 110 Å². The molecule has 2 aromatic carbocycles. The zero-order valence-corrected chi connectivity index (χ0v) is 10.5. The van der Waals surface area contributed by atoms with E-state index in [4.69, 9.17) is 0 Å². The summed E-state index contributed by atoms with van der Waals surface area (Å²) in [4.78, 5) is 0. The van der Waals surface area contributed by atoms with Gasteiger partial charge in [0.1, 0.15) is 17.4 Å². The summed E-state index contributed by atoms with van der Waals surface area (Å²) in [6.07, 6.45) is 0. The van der Waals surface area contributed by atoms with Crippen LogP contribution in [0.5, 0.6) is 5.75 Å². The number of nitrogens with one attached hydrogen (secondary N) is 1. The van der Waals surface area contributed by atoms with E-state index in [0.29, 0.717) is 12.1 Å². The maximum Gasteiger partial charge on any atom is 0.127 e. The van der Waals surface area contributed by atoms with Crippen LogP contribution in [0.3, 0.4) is 0 Å². The van der Waals surface area contributed by atoms with Crippen LogP contribution in [0, 0.1) is 11.6 Å². The highest BCUT2D eigenvalue weighted by Gasteiger charge is 2.06. The predicted octanol–water partition coefficient (Wildman–Crippen LogP) is 3.52. The molecule has 0 bridgehead atoms. The number of hydrogen-bond donors (Lipinski definition) is 2. The van der Waals surface area contributed by atoms with Crippen LogP contribution in [0.2, 0.25) is 0 Å². The summed E-state index contributed by atoms with van der Waals surface area (Å²) in [5, 5.41) is 12.5. The third kappa shape index (κ3) is 3.76. The van der Waals surface area contributed by atoms with Gasteiger partial charge in [0.15, 0.2) is 0 Å². The van der Waals surface area contributed by atoms with E-state index in [1.807, 2.05) is 6.92 Å². The molecule has 19 heavy (non-hydrogen) atoms. The van der Waals surface area contributed by atoms with Crippen LogP contribution in [0.25, 0.3) is 0 Å². The molecule has 2 N–H and O–H groups in total. The minimum atomic E-state index is -0.466. The topological polar surface area (TPSA) is 32.3 Å². The van der Waals surface area contributed by atoms with Crippen LogP contribution in [-0.2, 0) is 6.54 Å². The van der Waals surface area contributed by atoms with Gasteiger partial charge in [-0.2, -0.15) is 0 Å². The molecule has 0 saturated carbocycles. The van der Waals surface area contributed by atoms with E-state index in [2.05, 4.69) is 5.32 Å². The minimum absolute atomic E-state index is 0.00557. The maximum absolute atomic E-state index is 13.1. The Morgan fingerprint density at radius 3 is 2.37 bits per heavy atom. The standard InChI is InChI=1S/C15H15F2NO/c1-10(12-2-4-13(16)5-3-12)18-9-11-6-14(17)8-15(19)7-11/h2-8,10,18-19H,9H2,1H3/t10-/m1/s1. The van der Waals surface area contributed by atoms with E-state index >= 15 is 0 Å². The van der Waals surface area contributed by atoms with Crippen LogP contribution >= 0.6 is 0 Å². The highest BCUT2D eigenvalue weighted by Crippen LogP contribution is 2.17. The van der Waals surface area contributed by atoms with Gasteiger partial charge in [-0.1, -0.05) is 12.1 Å². The Bertz CT molecular complexity index is 534. The van der Waals surface area contributed by atoms with Crippen molar-refractivity contribution < 1.29 is 13.9 Å². The quantitative estimate of drug-likeness (QED) is 0.884. The van der Waals surface area contributed by atoms with Crippen molar-refractivity contribution in [3.63, 3.8) is 0 Å². The average Bonchev–Trinajstić information content (AvgIpc) is 2.36. The molecule has 0 aromatic heterocycles. The van der Waals surface area contributed by atoms with Crippen LogP contribution in [0.4, 0.5) is 8.78 Å². The summed E-state index contributed by atoms with van der Waals surface area (Å²) in [6, 6.07) is 10.2. The summed E-state index contributed by atoms with van der Waals surface area (Å²) in [5.41, 5.74) is 1.61. The molecular weight excluding hydrogens is 248 g/mol. The molecule has 100 valence electrons. The fourth-order valence-electron chi connectivity index (χ4n) is 1.88. The Hall–Kier alpha value is -1.94. The lowest BCUT2D eigenvalue weighted by atomic mass is 10.1. The molecule has 2 aromatic rings. The average molecular weight is 263 g/mol. The first kappa shape index (κ1) is 13.5. The predicted molar refractivity (Wildman–Crippen MR) is 69.7 cm³/mol. The molecule has 2 rings (SSSR count). The van der Waals surface area contributed by atoms with Gasteiger partial charge >= 0.3 is 0 Å².